The summed E-state index contributed by atoms with van der Waals surface area (Å²) in [5.74, 6) is 2.12. The smallest absolute Gasteiger partial charge is 0.224 e. The Bertz CT molecular complexity index is 761. The van der Waals surface area contributed by atoms with Crippen LogP contribution in [-0.2, 0) is 11.3 Å². The quantitative estimate of drug-likeness (QED) is 0.700. The molecule has 0 radical (unpaired) electrons. The average molecular weight is 428 g/mol. The Labute approximate surface area is 178 Å². The van der Waals surface area contributed by atoms with Gasteiger partial charge >= 0.3 is 0 Å². The third-order valence-electron chi connectivity index (χ3n) is 4.75. The van der Waals surface area contributed by atoms with Gasteiger partial charge in [-0.05, 0) is 37.0 Å². The van der Waals surface area contributed by atoms with Crippen molar-refractivity contribution in [3.05, 3.63) is 48.2 Å². The number of halogens is 2. The molecule has 1 fully saturated rings. The molecule has 1 aromatic heterocycles. The number of methoxy groups -OCH3 is 1. The molecule has 2 atom stereocenters. The Balaban J connectivity index is 0.00000196. The predicted molar refractivity (Wildman–Crippen MR) is 114 cm³/mol. The van der Waals surface area contributed by atoms with Crippen LogP contribution in [0.25, 0.3) is 0 Å². The number of pyridine rings is 1. The highest BCUT2D eigenvalue weighted by molar-refractivity contribution is 5.85. The van der Waals surface area contributed by atoms with E-state index in [4.69, 9.17) is 15.2 Å². The Morgan fingerprint density at radius 1 is 1.21 bits per heavy atom. The Morgan fingerprint density at radius 2 is 2.00 bits per heavy atom. The van der Waals surface area contributed by atoms with Gasteiger partial charge in [-0.2, -0.15) is 0 Å². The third kappa shape index (κ3) is 6.55. The summed E-state index contributed by atoms with van der Waals surface area (Å²) in [4.78, 5) is 16.5. The van der Waals surface area contributed by atoms with Gasteiger partial charge in [0, 0.05) is 36.8 Å². The van der Waals surface area contributed by atoms with Crippen LogP contribution in [0, 0.1) is 5.92 Å². The molecular weight excluding hydrogens is 401 g/mol. The molecule has 1 saturated carbocycles. The standard InChI is InChI=1S/C20H25N3O3.2ClH/c1-25-16-7-3-8-17(12-16)26-20-15(6-4-10-22-20)13-23-19(24)11-14-5-2-9-18(14)21;;/h3-4,6-8,10,12,14,18H,2,5,9,11,13,21H2,1H3,(H,23,24);2*1H/t14-,18+;;/m0../s1. The molecule has 0 bridgehead atoms. The van der Waals surface area contributed by atoms with Crippen molar-refractivity contribution in [3.8, 4) is 17.4 Å². The summed E-state index contributed by atoms with van der Waals surface area (Å²) in [7, 11) is 1.61. The molecule has 154 valence electrons. The fraction of sp³-hybridized carbons (Fsp3) is 0.400. The maximum absolute atomic E-state index is 12.2. The predicted octanol–water partition coefficient (Wildman–Crippen LogP) is 3.86. The minimum absolute atomic E-state index is 0. The van der Waals surface area contributed by atoms with Gasteiger partial charge in [-0.25, -0.2) is 4.98 Å². The third-order valence-corrected chi connectivity index (χ3v) is 4.75. The molecule has 1 heterocycles. The summed E-state index contributed by atoms with van der Waals surface area (Å²) in [6.45, 7) is 0.369. The number of benzene rings is 1. The summed E-state index contributed by atoms with van der Waals surface area (Å²) < 4.78 is 11.1. The van der Waals surface area contributed by atoms with Gasteiger partial charge in [0.1, 0.15) is 11.5 Å². The minimum Gasteiger partial charge on any atom is -0.497 e. The van der Waals surface area contributed by atoms with Crippen LogP contribution in [0.3, 0.4) is 0 Å². The molecule has 3 rings (SSSR count). The second-order valence-corrected chi connectivity index (χ2v) is 6.58. The number of ether oxygens (including phenoxy) is 2. The van der Waals surface area contributed by atoms with E-state index in [9.17, 15) is 4.79 Å². The Kier molecular flexibility index (Phi) is 10.1. The number of hydrogen-bond acceptors (Lipinski definition) is 5. The van der Waals surface area contributed by atoms with Crippen molar-refractivity contribution in [3.63, 3.8) is 0 Å². The van der Waals surface area contributed by atoms with E-state index in [0.717, 1.165) is 24.8 Å². The van der Waals surface area contributed by atoms with E-state index < -0.39 is 0 Å². The van der Waals surface area contributed by atoms with Crippen molar-refractivity contribution >= 4 is 30.7 Å². The zero-order valence-electron chi connectivity index (χ0n) is 15.8. The number of carbonyl (C=O) groups is 1. The van der Waals surface area contributed by atoms with E-state index in [2.05, 4.69) is 10.3 Å². The van der Waals surface area contributed by atoms with Crippen LogP contribution < -0.4 is 20.5 Å². The van der Waals surface area contributed by atoms with Crippen molar-refractivity contribution in [1.82, 2.24) is 10.3 Å². The van der Waals surface area contributed by atoms with Crippen LogP contribution in [0.2, 0.25) is 0 Å². The van der Waals surface area contributed by atoms with Gasteiger partial charge in [0.05, 0.1) is 7.11 Å². The molecule has 3 N–H and O–H groups in total. The van der Waals surface area contributed by atoms with E-state index >= 15 is 0 Å². The van der Waals surface area contributed by atoms with Crippen molar-refractivity contribution in [1.29, 1.82) is 0 Å². The van der Waals surface area contributed by atoms with Gasteiger partial charge in [0.2, 0.25) is 11.8 Å². The molecule has 0 aliphatic heterocycles. The van der Waals surface area contributed by atoms with Crippen LogP contribution >= 0.6 is 24.8 Å². The monoisotopic (exact) mass is 427 g/mol. The van der Waals surface area contributed by atoms with Crippen LogP contribution in [-0.4, -0.2) is 24.0 Å². The van der Waals surface area contributed by atoms with Crippen LogP contribution in [0.15, 0.2) is 42.6 Å². The van der Waals surface area contributed by atoms with Crippen molar-refractivity contribution < 1.29 is 14.3 Å². The van der Waals surface area contributed by atoms with Crippen molar-refractivity contribution in [2.45, 2.75) is 38.3 Å². The highest BCUT2D eigenvalue weighted by Crippen LogP contribution is 2.28. The van der Waals surface area contributed by atoms with E-state index in [1.165, 1.54) is 0 Å². The Morgan fingerprint density at radius 3 is 2.71 bits per heavy atom. The number of amides is 1. The summed E-state index contributed by atoms with van der Waals surface area (Å²) >= 11 is 0. The zero-order chi connectivity index (χ0) is 18.4. The number of hydrogen-bond donors (Lipinski definition) is 2. The molecule has 8 heteroatoms. The van der Waals surface area contributed by atoms with E-state index in [1.807, 2.05) is 30.3 Å². The maximum atomic E-state index is 12.2. The lowest BCUT2D eigenvalue weighted by Crippen LogP contribution is -2.31. The van der Waals surface area contributed by atoms with Gasteiger partial charge in [0.25, 0.3) is 0 Å². The lowest BCUT2D eigenvalue weighted by atomic mass is 10.00. The number of rotatable bonds is 7. The molecule has 6 nitrogen and oxygen atoms in total. The topological polar surface area (TPSA) is 86.5 Å². The lowest BCUT2D eigenvalue weighted by molar-refractivity contribution is -0.122. The van der Waals surface area contributed by atoms with Crippen LogP contribution in [0.4, 0.5) is 0 Å². The fourth-order valence-electron chi connectivity index (χ4n) is 3.25. The van der Waals surface area contributed by atoms with Gasteiger partial charge in [-0.1, -0.05) is 18.6 Å². The highest BCUT2D eigenvalue weighted by Gasteiger charge is 2.26. The molecular formula is C20H27Cl2N3O3. The van der Waals surface area contributed by atoms with Crippen molar-refractivity contribution in [2.75, 3.05) is 7.11 Å². The molecule has 0 saturated heterocycles. The average Bonchev–Trinajstić information content (AvgIpc) is 3.06. The fourth-order valence-corrected chi connectivity index (χ4v) is 3.25. The molecule has 1 aromatic carbocycles. The first kappa shape index (κ1) is 24.0. The summed E-state index contributed by atoms with van der Waals surface area (Å²) in [6.07, 6.45) is 5.30. The molecule has 0 spiro atoms. The lowest BCUT2D eigenvalue weighted by Gasteiger charge is -2.15. The molecule has 1 amide bonds. The normalized spacial score (nSPS) is 17.8. The maximum Gasteiger partial charge on any atom is 0.224 e. The first-order valence-electron chi connectivity index (χ1n) is 8.94. The van der Waals surface area contributed by atoms with E-state index in [0.29, 0.717) is 30.3 Å². The first-order chi connectivity index (χ1) is 12.7. The van der Waals surface area contributed by atoms with E-state index in [-0.39, 0.29) is 42.7 Å². The summed E-state index contributed by atoms with van der Waals surface area (Å²) in [6, 6.07) is 11.2. The van der Waals surface area contributed by atoms with E-state index in [1.54, 1.807) is 19.4 Å². The number of nitrogens with zero attached hydrogens (tertiary/aromatic N) is 1. The van der Waals surface area contributed by atoms with Gasteiger partial charge < -0.3 is 20.5 Å². The zero-order valence-corrected chi connectivity index (χ0v) is 17.4. The molecule has 0 unspecified atom stereocenters. The summed E-state index contributed by atoms with van der Waals surface area (Å²) in [5, 5.41) is 2.96. The second kappa shape index (κ2) is 11.7. The second-order valence-electron chi connectivity index (χ2n) is 6.58. The van der Waals surface area contributed by atoms with Crippen LogP contribution in [0.1, 0.15) is 31.2 Å². The van der Waals surface area contributed by atoms with Crippen LogP contribution in [0.5, 0.6) is 17.4 Å². The molecule has 1 aliphatic rings. The largest absolute Gasteiger partial charge is 0.497 e. The number of nitrogens with two attached hydrogens (primary N) is 1. The minimum atomic E-state index is 0. The summed E-state index contributed by atoms with van der Waals surface area (Å²) in [5.41, 5.74) is 6.87. The molecule has 2 aromatic rings. The number of nitrogens with one attached hydrogen (secondary N) is 1. The molecule has 1 aliphatic carbocycles. The number of aromatic nitrogens is 1. The number of carbonyl (C=O) groups excluding carboxylic acids is 1. The van der Waals surface area contributed by atoms with Gasteiger partial charge in [-0.15, -0.1) is 24.8 Å². The molecule has 28 heavy (non-hydrogen) atoms. The Hall–Kier alpha value is -2.02. The highest BCUT2D eigenvalue weighted by atomic mass is 35.5. The van der Waals surface area contributed by atoms with Gasteiger partial charge in [0.15, 0.2) is 0 Å². The first-order valence-corrected chi connectivity index (χ1v) is 8.94. The SMILES string of the molecule is COc1cccc(Oc2ncccc2CNC(=O)C[C@@H]2CCC[C@H]2N)c1.Cl.Cl. The van der Waals surface area contributed by atoms with Gasteiger partial charge in [-0.3, -0.25) is 4.79 Å². The van der Waals surface area contributed by atoms with Crippen molar-refractivity contribution in [2.24, 2.45) is 11.7 Å².